The molecule has 0 aliphatic heterocycles. The Labute approximate surface area is 99.4 Å². The highest BCUT2D eigenvalue weighted by molar-refractivity contribution is 5.50. The van der Waals surface area contributed by atoms with Gasteiger partial charge in [0.05, 0.1) is 5.56 Å². The van der Waals surface area contributed by atoms with E-state index in [1.165, 1.54) is 0 Å². The van der Waals surface area contributed by atoms with Crippen molar-refractivity contribution >= 4 is 6.29 Å². The zero-order valence-electron chi connectivity index (χ0n) is 9.01. The second kappa shape index (κ2) is 5.79. The number of carbonyl (C=O) groups is 1. The summed E-state index contributed by atoms with van der Waals surface area (Å²) in [4.78, 5) is 10.1. The number of hydrogen-bond acceptors (Lipinski definition) is 2. The Hall–Kier alpha value is -1.66. The maximum Gasteiger partial charge on any atom is 0.419 e. The maximum absolute atomic E-state index is 12.5. The standard InChI is InChI=1S/C11H9F5O2/c12-10(13)18-9-6-7(2-1-5-17)3-4-8(9)11(14,15)16/h3-6,10H,1-2H2. The molecule has 0 unspecified atom stereocenters. The number of aldehydes is 1. The Bertz CT molecular complexity index is 414. The lowest BCUT2D eigenvalue weighted by molar-refractivity contribution is -0.141. The summed E-state index contributed by atoms with van der Waals surface area (Å²) in [7, 11) is 0. The molecule has 0 aliphatic carbocycles. The lowest BCUT2D eigenvalue weighted by Crippen LogP contribution is -2.11. The van der Waals surface area contributed by atoms with Crippen LogP contribution in [-0.4, -0.2) is 12.9 Å². The van der Waals surface area contributed by atoms with E-state index in [-0.39, 0.29) is 12.8 Å². The molecule has 0 heterocycles. The van der Waals surface area contributed by atoms with Crippen molar-refractivity contribution in [2.75, 3.05) is 0 Å². The van der Waals surface area contributed by atoms with Gasteiger partial charge in [-0.3, -0.25) is 0 Å². The van der Waals surface area contributed by atoms with Crippen molar-refractivity contribution in [3.8, 4) is 5.75 Å². The Balaban J connectivity index is 3.08. The van der Waals surface area contributed by atoms with Crippen LogP contribution in [0.5, 0.6) is 5.75 Å². The summed E-state index contributed by atoms with van der Waals surface area (Å²) in [6, 6.07) is 2.67. The molecule has 0 aromatic heterocycles. The molecule has 0 radical (unpaired) electrons. The molecule has 0 bridgehead atoms. The van der Waals surface area contributed by atoms with Crippen LogP contribution >= 0.6 is 0 Å². The summed E-state index contributed by atoms with van der Waals surface area (Å²) >= 11 is 0. The summed E-state index contributed by atoms with van der Waals surface area (Å²) in [5, 5.41) is 0. The quantitative estimate of drug-likeness (QED) is 0.604. The maximum atomic E-state index is 12.5. The molecule has 0 spiro atoms. The molecule has 0 aliphatic rings. The summed E-state index contributed by atoms with van der Waals surface area (Å²) in [5.74, 6) is -0.930. The van der Waals surface area contributed by atoms with Crippen molar-refractivity contribution in [3.05, 3.63) is 29.3 Å². The summed E-state index contributed by atoms with van der Waals surface area (Å²) < 4.78 is 65.4. The average molecular weight is 268 g/mol. The first-order chi connectivity index (χ1) is 8.34. The number of rotatable bonds is 5. The van der Waals surface area contributed by atoms with Gasteiger partial charge in [0.1, 0.15) is 12.0 Å². The van der Waals surface area contributed by atoms with Crippen molar-refractivity contribution in [3.63, 3.8) is 0 Å². The van der Waals surface area contributed by atoms with Crippen molar-refractivity contribution in [1.82, 2.24) is 0 Å². The Morgan fingerprint density at radius 3 is 2.44 bits per heavy atom. The van der Waals surface area contributed by atoms with E-state index < -0.39 is 24.1 Å². The van der Waals surface area contributed by atoms with Crippen LogP contribution in [0.2, 0.25) is 0 Å². The predicted octanol–water partition coefficient (Wildman–Crippen LogP) is 3.44. The van der Waals surface area contributed by atoms with Crippen LogP contribution in [0.1, 0.15) is 17.5 Å². The smallest absolute Gasteiger partial charge is 0.419 e. The van der Waals surface area contributed by atoms with Gasteiger partial charge in [-0.25, -0.2) is 0 Å². The molecular formula is C11H9F5O2. The van der Waals surface area contributed by atoms with E-state index >= 15 is 0 Å². The molecule has 1 aromatic rings. The zero-order valence-corrected chi connectivity index (χ0v) is 9.01. The Morgan fingerprint density at radius 2 is 1.94 bits per heavy atom. The predicted molar refractivity (Wildman–Crippen MR) is 52.5 cm³/mol. The van der Waals surface area contributed by atoms with Crippen molar-refractivity contribution in [2.45, 2.75) is 25.6 Å². The second-order valence-corrected chi connectivity index (χ2v) is 3.41. The molecule has 0 atom stereocenters. The molecule has 0 fully saturated rings. The summed E-state index contributed by atoms with van der Waals surface area (Å²) in [6.45, 7) is -3.34. The van der Waals surface area contributed by atoms with E-state index in [0.29, 0.717) is 17.9 Å². The van der Waals surface area contributed by atoms with Crippen molar-refractivity contribution in [2.24, 2.45) is 0 Å². The molecule has 1 aromatic carbocycles. The molecule has 0 N–H and O–H groups in total. The van der Waals surface area contributed by atoms with Gasteiger partial charge in [-0.1, -0.05) is 6.07 Å². The van der Waals surface area contributed by atoms with Gasteiger partial charge < -0.3 is 9.53 Å². The number of halogens is 5. The molecule has 100 valence electrons. The van der Waals surface area contributed by atoms with Crippen LogP contribution in [0.4, 0.5) is 22.0 Å². The number of benzene rings is 1. The largest absolute Gasteiger partial charge is 0.434 e. The van der Waals surface area contributed by atoms with E-state index in [2.05, 4.69) is 4.74 Å². The lowest BCUT2D eigenvalue weighted by atomic mass is 10.1. The number of carbonyl (C=O) groups excluding carboxylic acids is 1. The van der Waals surface area contributed by atoms with E-state index in [9.17, 15) is 26.7 Å². The highest BCUT2D eigenvalue weighted by Crippen LogP contribution is 2.37. The lowest BCUT2D eigenvalue weighted by Gasteiger charge is -2.14. The third-order valence-corrected chi connectivity index (χ3v) is 2.12. The van der Waals surface area contributed by atoms with E-state index in [4.69, 9.17) is 0 Å². The van der Waals surface area contributed by atoms with Gasteiger partial charge in [-0.05, 0) is 24.1 Å². The highest BCUT2D eigenvalue weighted by atomic mass is 19.4. The fraction of sp³-hybridized carbons (Fsp3) is 0.364. The Kier molecular flexibility index (Phi) is 4.63. The van der Waals surface area contributed by atoms with E-state index in [0.717, 1.165) is 12.1 Å². The number of alkyl halides is 5. The molecule has 0 amide bonds. The van der Waals surface area contributed by atoms with Crippen LogP contribution in [0.15, 0.2) is 18.2 Å². The van der Waals surface area contributed by atoms with Crippen LogP contribution in [-0.2, 0) is 17.4 Å². The SMILES string of the molecule is O=CCCc1ccc(C(F)(F)F)c(OC(F)F)c1. The molecule has 2 nitrogen and oxygen atoms in total. The molecule has 1 rings (SSSR count). The average Bonchev–Trinajstić information content (AvgIpc) is 2.24. The summed E-state index contributed by atoms with van der Waals surface area (Å²) in [6.07, 6.45) is -3.92. The summed E-state index contributed by atoms with van der Waals surface area (Å²) in [5.41, 5.74) is -0.941. The first kappa shape index (κ1) is 14.4. The van der Waals surface area contributed by atoms with Gasteiger partial charge in [-0.2, -0.15) is 22.0 Å². The van der Waals surface area contributed by atoms with Crippen LogP contribution < -0.4 is 4.74 Å². The fourth-order valence-electron chi connectivity index (χ4n) is 1.38. The number of aryl methyl sites for hydroxylation is 1. The van der Waals surface area contributed by atoms with Gasteiger partial charge in [0.25, 0.3) is 0 Å². The fourth-order valence-corrected chi connectivity index (χ4v) is 1.38. The number of ether oxygens (including phenoxy) is 1. The molecule has 18 heavy (non-hydrogen) atoms. The minimum atomic E-state index is -4.77. The van der Waals surface area contributed by atoms with Crippen LogP contribution in [0.3, 0.4) is 0 Å². The van der Waals surface area contributed by atoms with Gasteiger partial charge in [0.15, 0.2) is 0 Å². The zero-order chi connectivity index (χ0) is 13.8. The van der Waals surface area contributed by atoms with Gasteiger partial charge >= 0.3 is 12.8 Å². The molecule has 0 saturated carbocycles. The highest BCUT2D eigenvalue weighted by Gasteiger charge is 2.35. The molecular weight excluding hydrogens is 259 g/mol. The minimum Gasteiger partial charge on any atom is -0.434 e. The normalized spacial score (nSPS) is 11.7. The molecule has 0 saturated heterocycles. The second-order valence-electron chi connectivity index (χ2n) is 3.41. The topological polar surface area (TPSA) is 26.3 Å². The van der Waals surface area contributed by atoms with Gasteiger partial charge in [0, 0.05) is 6.42 Å². The van der Waals surface area contributed by atoms with Gasteiger partial charge in [-0.15, -0.1) is 0 Å². The van der Waals surface area contributed by atoms with Crippen LogP contribution in [0, 0.1) is 0 Å². The van der Waals surface area contributed by atoms with E-state index in [1.54, 1.807) is 0 Å². The first-order valence-electron chi connectivity index (χ1n) is 4.93. The number of hydrogen-bond donors (Lipinski definition) is 0. The van der Waals surface area contributed by atoms with Crippen molar-refractivity contribution < 1.29 is 31.5 Å². The van der Waals surface area contributed by atoms with E-state index in [1.807, 2.05) is 0 Å². The third-order valence-electron chi connectivity index (χ3n) is 2.12. The Morgan fingerprint density at radius 1 is 1.28 bits per heavy atom. The van der Waals surface area contributed by atoms with Gasteiger partial charge in [0.2, 0.25) is 0 Å². The van der Waals surface area contributed by atoms with Crippen molar-refractivity contribution in [1.29, 1.82) is 0 Å². The minimum absolute atomic E-state index is 0.0967. The van der Waals surface area contributed by atoms with Crippen LogP contribution in [0.25, 0.3) is 0 Å². The monoisotopic (exact) mass is 268 g/mol. The molecule has 7 heteroatoms. The first-order valence-corrected chi connectivity index (χ1v) is 4.93. The third kappa shape index (κ3) is 3.97.